The van der Waals surface area contributed by atoms with E-state index in [1.54, 1.807) is 16.2 Å². The Hall–Kier alpha value is -2.55. The molecule has 0 fully saturated rings. The number of carbonyl (C=O) groups is 1. The molecule has 0 radical (unpaired) electrons. The van der Waals surface area contributed by atoms with Crippen LogP contribution in [0.3, 0.4) is 0 Å². The molecule has 5 nitrogen and oxygen atoms in total. The van der Waals surface area contributed by atoms with Crippen molar-refractivity contribution in [3.05, 3.63) is 87.9 Å². The van der Waals surface area contributed by atoms with E-state index < -0.39 is 15.8 Å². The van der Waals surface area contributed by atoms with E-state index in [2.05, 4.69) is 0 Å². The molecule has 1 amide bonds. The minimum Gasteiger partial charge on any atom is -0.336 e. The zero-order valence-corrected chi connectivity index (χ0v) is 19.1. The highest BCUT2D eigenvalue weighted by Crippen LogP contribution is 2.19. The van der Waals surface area contributed by atoms with Gasteiger partial charge in [-0.25, -0.2) is 12.8 Å². The first-order chi connectivity index (χ1) is 14.8. The van der Waals surface area contributed by atoms with Crippen molar-refractivity contribution >= 4 is 27.3 Å². The summed E-state index contributed by atoms with van der Waals surface area (Å²) in [4.78, 5) is 16.9. The quantitative estimate of drug-likeness (QED) is 0.483. The van der Waals surface area contributed by atoms with Crippen LogP contribution in [-0.4, -0.2) is 43.7 Å². The minimum absolute atomic E-state index is 0.0473. The summed E-state index contributed by atoms with van der Waals surface area (Å²) in [7, 11) is -2.54. The van der Waals surface area contributed by atoms with Gasteiger partial charge in [-0.3, -0.25) is 4.79 Å². The highest BCUT2D eigenvalue weighted by Gasteiger charge is 2.25. The molecule has 0 aliphatic rings. The van der Waals surface area contributed by atoms with Crippen LogP contribution in [0.5, 0.6) is 0 Å². The summed E-state index contributed by atoms with van der Waals surface area (Å²) in [5, 5.41) is 0. The number of hydrogen-bond acceptors (Lipinski definition) is 4. The lowest BCUT2D eigenvalue weighted by Crippen LogP contribution is -2.41. The van der Waals surface area contributed by atoms with Crippen LogP contribution in [0.4, 0.5) is 4.39 Å². The van der Waals surface area contributed by atoms with Gasteiger partial charge in [-0.15, -0.1) is 11.3 Å². The molecule has 0 saturated heterocycles. The Morgan fingerprint density at radius 3 is 2.29 bits per heavy atom. The lowest BCUT2D eigenvalue weighted by atomic mass is 10.1. The number of nitrogens with zero attached hydrogens (tertiary/aromatic N) is 2. The zero-order valence-electron chi connectivity index (χ0n) is 17.5. The van der Waals surface area contributed by atoms with Gasteiger partial charge in [0.25, 0.3) is 0 Å². The molecule has 0 bridgehead atoms. The van der Waals surface area contributed by atoms with Crippen LogP contribution in [0.1, 0.15) is 15.3 Å². The zero-order chi connectivity index (χ0) is 22.4. The van der Waals surface area contributed by atoms with Gasteiger partial charge in [0, 0.05) is 23.3 Å². The highest BCUT2D eigenvalue weighted by atomic mass is 32.2. The van der Waals surface area contributed by atoms with Gasteiger partial charge in [-0.1, -0.05) is 30.3 Å². The van der Waals surface area contributed by atoms with E-state index in [4.69, 9.17) is 0 Å². The molecular weight excluding hydrogens is 435 g/mol. The van der Waals surface area contributed by atoms with Crippen molar-refractivity contribution < 1.29 is 17.6 Å². The number of thiophene rings is 1. The Bertz CT molecular complexity index is 1110. The molecule has 0 aliphatic carbocycles. The summed E-state index contributed by atoms with van der Waals surface area (Å²) in [6, 6.07) is 18.4. The normalized spacial score (nSPS) is 11.6. The third-order valence-corrected chi connectivity index (χ3v) is 7.69. The smallest absolute Gasteiger partial charge is 0.243 e. The summed E-state index contributed by atoms with van der Waals surface area (Å²) in [6.07, 6.45) is 0.672. The first-order valence-corrected chi connectivity index (χ1v) is 12.1. The number of likely N-dealkylation sites (N-methyl/N-ethyl adjacent to an activating group) is 1. The number of halogens is 1. The van der Waals surface area contributed by atoms with Crippen molar-refractivity contribution in [3.63, 3.8) is 0 Å². The monoisotopic (exact) mass is 460 g/mol. The van der Waals surface area contributed by atoms with E-state index in [0.29, 0.717) is 19.5 Å². The Balaban J connectivity index is 1.73. The van der Waals surface area contributed by atoms with Gasteiger partial charge in [-0.05, 0) is 55.3 Å². The van der Waals surface area contributed by atoms with Crippen molar-refractivity contribution in [1.82, 2.24) is 9.21 Å². The standard InChI is InChI=1S/C23H25FN2O3S2/c1-18-8-11-21(30-18)16-26(15-14-19-6-4-3-5-7-19)23(27)17-25(2)31(28,29)22-12-9-20(24)10-13-22/h3-13H,14-17H2,1-2H3. The van der Waals surface area contributed by atoms with Crippen molar-refractivity contribution in [1.29, 1.82) is 0 Å². The molecule has 0 spiro atoms. The van der Waals surface area contributed by atoms with Gasteiger partial charge in [0.1, 0.15) is 5.82 Å². The summed E-state index contributed by atoms with van der Waals surface area (Å²) in [5.41, 5.74) is 1.11. The molecule has 3 rings (SSSR count). The van der Waals surface area contributed by atoms with Crippen LogP contribution < -0.4 is 0 Å². The fourth-order valence-corrected chi connectivity index (χ4v) is 5.15. The lowest BCUT2D eigenvalue weighted by molar-refractivity contribution is -0.131. The van der Waals surface area contributed by atoms with E-state index in [9.17, 15) is 17.6 Å². The number of aryl methyl sites for hydroxylation is 1. The van der Waals surface area contributed by atoms with Crippen molar-refractivity contribution in [3.8, 4) is 0 Å². The van der Waals surface area contributed by atoms with Crippen molar-refractivity contribution in [2.75, 3.05) is 20.1 Å². The molecule has 2 aromatic carbocycles. The number of sulfonamides is 1. The van der Waals surface area contributed by atoms with E-state index in [0.717, 1.165) is 31.8 Å². The molecule has 0 aliphatic heterocycles. The van der Waals surface area contributed by atoms with E-state index >= 15 is 0 Å². The maximum atomic E-state index is 13.2. The van der Waals surface area contributed by atoms with E-state index in [1.807, 2.05) is 49.4 Å². The second-order valence-corrected chi connectivity index (χ2v) is 10.7. The van der Waals surface area contributed by atoms with E-state index in [1.165, 1.54) is 19.2 Å². The van der Waals surface area contributed by atoms with Crippen molar-refractivity contribution in [2.45, 2.75) is 24.8 Å². The fourth-order valence-electron chi connectivity index (χ4n) is 3.12. The number of amides is 1. The van der Waals surface area contributed by atoms with Crippen LogP contribution in [0.2, 0.25) is 0 Å². The Labute approximate surface area is 186 Å². The number of carbonyl (C=O) groups excluding carboxylic acids is 1. The maximum absolute atomic E-state index is 13.2. The third kappa shape index (κ3) is 6.22. The summed E-state index contributed by atoms with van der Waals surface area (Å²) < 4.78 is 39.7. The van der Waals surface area contributed by atoms with Crippen molar-refractivity contribution in [2.24, 2.45) is 0 Å². The number of benzene rings is 2. The molecular formula is C23H25FN2O3S2. The number of rotatable bonds is 9. The van der Waals surface area contributed by atoms with Gasteiger partial charge >= 0.3 is 0 Å². The molecule has 0 N–H and O–H groups in total. The molecule has 8 heteroatoms. The molecule has 164 valence electrons. The first kappa shape index (κ1) is 23.1. The average Bonchev–Trinajstić information content (AvgIpc) is 3.16. The molecule has 1 aromatic heterocycles. The largest absolute Gasteiger partial charge is 0.336 e. The molecule has 31 heavy (non-hydrogen) atoms. The third-order valence-electron chi connectivity index (χ3n) is 4.89. The fraction of sp³-hybridized carbons (Fsp3) is 0.261. The minimum atomic E-state index is -3.90. The van der Waals surface area contributed by atoms with Gasteiger partial charge in [0.2, 0.25) is 15.9 Å². The van der Waals surface area contributed by atoms with Gasteiger partial charge in [-0.2, -0.15) is 4.31 Å². The average molecular weight is 461 g/mol. The highest BCUT2D eigenvalue weighted by molar-refractivity contribution is 7.89. The second-order valence-electron chi connectivity index (χ2n) is 7.28. The molecule has 3 aromatic rings. The summed E-state index contributed by atoms with van der Waals surface area (Å²) in [6.45, 7) is 2.62. The Kier molecular flexibility index (Phi) is 7.59. The summed E-state index contributed by atoms with van der Waals surface area (Å²) >= 11 is 1.62. The van der Waals surface area contributed by atoms with Gasteiger partial charge in [0.05, 0.1) is 18.0 Å². The van der Waals surface area contributed by atoms with Gasteiger partial charge < -0.3 is 4.90 Å². The van der Waals surface area contributed by atoms with Crippen LogP contribution in [-0.2, 0) is 27.8 Å². The molecule has 0 saturated carbocycles. The molecule has 0 atom stereocenters. The number of hydrogen-bond donors (Lipinski definition) is 0. The molecule has 1 heterocycles. The predicted octanol–water partition coefficient (Wildman–Crippen LogP) is 4.09. The van der Waals surface area contributed by atoms with Crippen LogP contribution in [0.25, 0.3) is 0 Å². The van der Waals surface area contributed by atoms with E-state index in [-0.39, 0.29) is 17.3 Å². The van der Waals surface area contributed by atoms with Crippen LogP contribution >= 0.6 is 11.3 Å². The maximum Gasteiger partial charge on any atom is 0.243 e. The SMILES string of the molecule is Cc1ccc(CN(CCc2ccccc2)C(=O)CN(C)S(=O)(=O)c2ccc(F)cc2)s1. The predicted molar refractivity (Wildman–Crippen MR) is 121 cm³/mol. The van der Waals surface area contributed by atoms with Crippen LogP contribution in [0, 0.1) is 12.7 Å². The topological polar surface area (TPSA) is 57.7 Å². The van der Waals surface area contributed by atoms with Gasteiger partial charge in [0.15, 0.2) is 0 Å². The first-order valence-electron chi connectivity index (χ1n) is 9.84. The molecule has 0 unspecified atom stereocenters. The van der Waals surface area contributed by atoms with Crippen LogP contribution in [0.15, 0.2) is 71.6 Å². The lowest BCUT2D eigenvalue weighted by Gasteiger charge is -2.25. The second kappa shape index (κ2) is 10.2. The Morgan fingerprint density at radius 2 is 1.68 bits per heavy atom. The Morgan fingerprint density at radius 1 is 1.00 bits per heavy atom. The summed E-state index contributed by atoms with van der Waals surface area (Å²) in [5.74, 6) is -0.800.